The molecule has 2 aromatic heterocycles. The van der Waals surface area contributed by atoms with Crippen molar-refractivity contribution in [2.75, 3.05) is 7.11 Å². The molecule has 1 aliphatic heterocycles. The Bertz CT molecular complexity index is 557. The molecule has 2 N–H and O–H groups in total. The van der Waals surface area contributed by atoms with E-state index in [0.29, 0.717) is 13.1 Å². The number of nitrogens with zero attached hydrogens (tertiary/aromatic N) is 2. The van der Waals surface area contributed by atoms with Gasteiger partial charge >= 0.3 is 0 Å². The zero-order valence-corrected chi connectivity index (χ0v) is 11.5. The van der Waals surface area contributed by atoms with E-state index in [1.54, 1.807) is 7.11 Å². The van der Waals surface area contributed by atoms with Gasteiger partial charge in [-0.05, 0) is 12.1 Å². The molecule has 0 fully saturated rings. The number of methoxy groups -OCH3 is 1. The number of fused-ring (bicyclic) bond motifs is 4. The maximum absolute atomic E-state index is 5.33. The first-order valence-corrected chi connectivity index (χ1v) is 6.73. The van der Waals surface area contributed by atoms with Gasteiger partial charge < -0.3 is 15.4 Å². The lowest BCUT2D eigenvalue weighted by Crippen LogP contribution is -2.20. The van der Waals surface area contributed by atoms with E-state index in [-0.39, 0.29) is 0 Å². The second kappa shape index (κ2) is 5.98. The Hall–Kier alpha value is -1.98. The first kappa shape index (κ1) is 13.0. The van der Waals surface area contributed by atoms with Gasteiger partial charge in [0.05, 0.1) is 29.9 Å². The maximum atomic E-state index is 5.33. The van der Waals surface area contributed by atoms with Crippen molar-refractivity contribution in [3.8, 4) is 5.75 Å². The molecule has 0 spiro atoms. The van der Waals surface area contributed by atoms with Crippen molar-refractivity contribution in [2.24, 2.45) is 0 Å². The lowest BCUT2D eigenvalue weighted by atomic mass is 10.2. The topological polar surface area (TPSA) is 59.1 Å². The molecule has 2 aromatic rings. The largest absolute Gasteiger partial charge is 0.497 e. The smallest absolute Gasteiger partial charge is 0.122 e. The van der Waals surface area contributed by atoms with Crippen LogP contribution in [0.15, 0.2) is 30.3 Å². The zero-order chi connectivity index (χ0) is 13.8. The van der Waals surface area contributed by atoms with Crippen LogP contribution in [0, 0.1) is 0 Å². The number of hydrogen-bond acceptors (Lipinski definition) is 5. The first-order valence-electron chi connectivity index (χ1n) is 6.73. The van der Waals surface area contributed by atoms with Crippen molar-refractivity contribution in [3.05, 3.63) is 53.1 Å². The van der Waals surface area contributed by atoms with Crippen LogP contribution in [0.4, 0.5) is 0 Å². The van der Waals surface area contributed by atoms with Gasteiger partial charge in [-0.2, -0.15) is 0 Å². The number of pyridine rings is 2. The van der Waals surface area contributed by atoms with E-state index in [4.69, 9.17) is 4.74 Å². The molecule has 0 unspecified atom stereocenters. The zero-order valence-electron chi connectivity index (χ0n) is 11.5. The van der Waals surface area contributed by atoms with Gasteiger partial charge in [-0.15, -0.1) is 0 Å². The van der Waals surface area contributed by atoms with Gasteiger partial charge in [-0.3, -0.25) is 9.97 Å². The van der Waals surface area contributed by atoms with Crippen molar-refractivity contribution in [3.63, 3.8) is 0 Å². The predicted molar refractivity (Wildman–Crippen MR) is 76.1 cm³/mol. The minimum absolute atomic E-state index is 0.704. The highest BCUT2D eigenvalue weighted by molar-refractivity contribution is 5.27. The van der Waals surface area contributed by atoms with Crippen molar-refractivity contribution in [1.29, 1.82) is 0 Å². The minimum atomic E-state index is 0.704. The molecule has 5 nitrogen and oxygen atoms in total. The van der Waals surface area contributed by atoms with Crippen LogP contribution in [-0.4, -0.2) is 17.1 Å². The summed E-state index contributed by atoms with van der Waals surface area (Å²) in [5.74, 6) is 0.849. The summed E-state index contributed by atoms with van der Waals surface area (Å²) < 4.78 is 5.33. The molecule has 3 rings (SSSR count). The Kier molecular flexibility index (Phi) is 3.90. The molecule has 0 saturated heterocycles. The lowest BCUT2D eigenvalue weighted by molar-refractivity contribution is 0.412. The minimum Gasteiger partial charge on any atom is -0.497 e. The summed E-state index contributed by atoms with van der Waals surface area (Å²) in [4.78, 5) is 9.23. The highest BCUT2D eigenvalue weighted by atomic mass is 16.5. The number of ether oxygens (including phenoxy) is 1. The summed E-state index contributed by atoms with van der Waals surface area (Å²) in [7, 11) is 1.68. The summed E-state index contributed by atoms with van der Waals surface area (Å²) in [6.45, 7) is 2.89. The van der Waals surface area contributed by atoms with Gasteiger partial charge in [0.25, 0.3) is 0 Å². The van der Waals surface area contributed by atoms with Gasteiger partial charge in [0.2, 0.25) is 0 Å². The fraction of sp³-hybridized carbons (Fsp3) is 0.333. The Labute approximate surface area is 118 Å². The highest BCUT2D eigenvalue weighted by Crippen LogP contribution is 2.14. The lowest BCUT2D eigenvalue weighted by Gasteiger charge is -2.12. The fourth-order valence-electron chi connectivity index (χ4n) is 2.28. The second-order valence-electron chi connectivity index (χ2n) is 4.82. The average Bonchev–Trinajstić information content (AvgIpc) is 2.47. The van der Waals surface area contributed by atoms with E-state index in [9.17, 15) is 0 Å². The van der Waals surface area contributed by atoms with Crippen LogP contribution in [0.1, 0.15) is 22.8 Å². The van der Waals surface area contributed by atoms with E-state index in [2.05, 4.69) is 20.6 Å². The molecule has 1 aliphatic rings. The summed E-state index contributed by atoms with van der Waals surface area (Å²) in [5, 5.41) is 6.74. The Morgan fingerprint density at radius 3 is 1.90 bits per heavy atom. The molecule has 0 aliphatic carbocycles. The summed E-state index contributed by atoms with van der Waals surface area (Å²) >= 11 is 0. The van der Waals surface area contributed by atoms with Gasteiger partial charge in [0, 0.05) is 38.3 Å². The molecule has 3 heterocycles. The third-order valence-corrected chi connectivity index (χ3v) is 3.23. The summed E-state index contributed by atoms with van der Waals surface area (Å²) in [6.07, 6.45) is 0. The monoisotopic (exact) mass is 270 g/mol. The van der Waals surface area contributed by atoms with Crippen LogP contribution >= 0.6 is 0 Å². The molecule has 0 aromatic carbocycles. The average molecular weight is 270 g/mol. The standard InChI is InChI=1S/C15H18N4O/c1-20-15-5-13-9-16-7-11-3-2-4-12(18-11)8-17-10-14(6-15)19-13/h2-6,16-17H,7-10H2,1H3. The van der Waals surface area contributed by atoms with Crippen LogP contribution in [-0.2, 0) is 26.2 Å². The third-order valence-electron chi connectivity index (χ3n) is 3.23. The van der Waals surface area contributed by atoms with Crippen LogP contribution < -0.4 is 15.4 Å². The van der Waals surface area contributed by atoms with Gasteiger partial charge in [0.15, 0.2) is 0 Å². The van der Waals surface area contributed by atoms with Crippen molar-refractivity contribution >= 4 is 0 Å². The maximum Gasteiger partial charge on any atom is 0.122 e. The molecule has 104 valence electrons. The molecule has 0 radical (unpaired) electrons. The molecule has 20 heavy (non-hydrogen) atoms. The molecule has 4 bridgehead atoms. The number of aromatic nitrogens is 2. The molecule has 0 atom stereocenters. The Balaban J connectivity index is 1.86. The van der Waals surface area contributed by atoms with E-state index >= 15 is 0 Å². The summed E-state index contributed by atoms with van der Waals surface area (Å²) in [6, 6.07) is 10.0. The number of rotatable bonds is 1. The Morgan fingerprint density at radius 2 is 1.35 bits per heavy atom. The van der Waals surface area contributed by atoms with E-state index < -0.39 is 0 Å². The summed E-state index contributed by atoms with van der Waals surface area (Å²) in [5.41, 5.74) is 4.07. The van der Waals surface area contributed by atoms with Crippen molar-refractivity contribution < 1.29 is 4.74 Å². The molecular weight excluding hydrogens is 252 g/mol. The molecule has 0 amide bonds. The van der Waals surface area contributed by atoms with Gasteiger partial charge in [0.1, 0.15) is 5.75 Å². The second-order valence-corrected chi connectivity index (χ2v) is 4.82. The quantitative estimate of drug-likeness (QED) is 0.820. The fourth-order valence-corrected chi connectivity index (χ4v) is 2.28. The predicted octanol–water partition coefficient (Wildman–Crippen LogP) is 1.38. The SMILES string of the molecule is COc1cc2nc(c1)CNCc1cccc(n1)CNC2. The van der Waals surface area contributed by atoms with Crippen LogP contribution in [0.25, 0.3) is 0 Å². The highest BCUT2D eigenvalue weighted by Gasteiger charge is 2.06. The van der Waals surface area contributed by atoms with E-state index in [1.165, 1.54) is 0 Å². The van der Waals surface area contributed by atoms with Crippen LogP contribution in [0.5, 0.6) is 5.75 Å². The normalized spacial score (nSPS) is 15.1. The van der Waals surface area contributed by atoms with Crippen molar-refractivity contribution in [2.45, 2.75) is 26.2 Å². The Morgan fingerprint density at radius 1 is 0.850 bits per heavy atom. The molecular formula is C15H18N4O. The number of hydrogen-bond donors (Lipinski definition) is 2. The van der Waals surface area contributed by atoms with Crippen LogP contribution in [0.2, 0.25) is 0 Å². The van der Waals surface area contributed by atoms with Crippen molar-refractivity contribution in [1.82, 2.24) is 20.6 Å². The number of nitrogens with one attached hydrogen (secondary N) is 2. The van der Waals surface area contributed by atoms with Gasteiger partial charge in [-0.25, -0.2) is 0 Å². The van der Waals surface area contributed by atoms with E-state index in [0.717, 1.165) is 41.6 Å². The molecule has 5 heteroatoms. The van der Waals surface area contributed by atoms with Gasteiger partial charge in [-0.1, -0.05) is 6.07 Å². The first-order chi connectivity index (χ1) is 9.83. The van der Waals surface area contributed by atoms with Crippen LogP contribution in [0.3, 0.4) is 0 Å². The third kappa shape index (κ3) is 3.12. The molecule has 0 saturated carbocycles. The van der Waals surface area contributed by atoms with E-state index in [1.807, 2.05) is 30.3 Å².